The first-order valence-electron chi connectivity index (χ1n) is 27.2. The van der Waals surface area contributed by atoms with Crippen LogP contribution in [0.2, 0.25) is 0 Å². The SMILES string of the molecule is CC/C=C\C/C=C\C/C=C\C/C=C\C/C=C\C/C=C\CCCCC(=O)OCC(COC(=O)CCCCCCCCCCCCCC)OC(=O)CCC/C=C\C/C=C\C/C=C\C/C=C\C/C=C\CC. The van der Waals surface area contributed by atoms with Crippen molar-refractivity contribution in [2.75, 3.05) is 13.2 Å². The molecule has 0 bridgehead atoms. The van der Waals surface area contributed by atoms with E-state index in [0.717, 1.165) is 109 Å². The van der Waals surface area contributed by atoms with Gasteiger partial charge in [0.25, 0.3) is 0 Å². The first kappa shape index (κ1) is 63.5. The van der Waals surface area contributed by atoms with E-state index in [0.29, 0.717) is 19.3 Å². The fourth-order valence-electron chi connectivity index (χ4n) is 6.89. The number of esters is 3. The Bertz CT molecular complexity index is 1500. The Hall–Kier alpha value is -4.45. The van der Waals surface area contributed by atoms with Crippen molar-refractivity contribution in [2.24, 2.45) is 0 Å². The summed E-state index contributed by atoms with van der Waals surface area (Å²) in [6.45, 7) is 6.31. The Balaban J connectivity index is 4.56. The zero-order chi connectivity index (χ0) is 49.3. The molecule has 382 valence electrons. The molecular weight excluding hydrogens is 841 g/mol. The molecule has 0 aliphatic rings. The van der Waals surface area contributed by atoms with Gasteiger partial charge in [-0.3, -0.25) is 14.4 Å². The van der Waals surface area contributed by atoms with Gasteiger partial charge in [-0.1, -0.05) is 225 Å². The molecule has 0 saturated carbocycles. The Morgan fingerprint density at radius 2 is 0.588 bits per heavy atom. The highest BCUT2D eigenvalue weighted by Gasteiger charge is 2.19. The van der Waals surface area contributed by atoms with E-state index >= 15 is 0 Å². The third-order valence-corrected chi connectivity index (χ3v) is 10.9. The van der Waals surface area contributed by atoms with Crippen LogP contribution in [0, 0.1) is 0 Å². The van der Waals surface area contributed by atoms with Crippen molar-refractivity contribution >= 4 is 17.9 Å². The maximum Gasteiger partial charge on any atom is 0.306 e. The minimum atomic E-state index is -0.829. The summed E-state index contributed by atoms with van der Waals surface area (Å²) in [5.41, 5.74) is 0. The molecule has 0 aliphatic heterocycles. The number of hydrogen-bond donors (Lipinski definition) is 0. The van der Waals surface area contributed by atoms with Crippen LogP contribution < -0.4 is 0 Å². The average molecular weight is 939 g/mol. The first-order chi connectivity index (χ1) is 33.5. The lowest BCUT2D eigenvalue weighted by atomic mass is 10.0. The predicted molar refractivity (Wildman–Crippen MR) is 292 cm³/mol. The minimum absolute atomic E-state index is 0.117. The number of ether oxygens (including phenoxy) is 3. The van der Waals surface area contributed by atoms with Gasteiger partial charge in [-0.25, -0.2) is 0 Å². The average Bonchev–Trinajstić information content (AvgIpc) is 3.34. The summed E-state index contributed by atoms with van der Waals surface area (Å²) in [4.78, 5) is 38.0. The summed E-state index contributed by atoms with van der Waals surface area (Å²) >= 11 is 0. The van der Waals surface area contributed by atoms with Crippen LogP contribution in [0.25, 0.3) is 0 Å². The largest absolute Gasteiger partial charge is 0.462 e. The number of rotatable bonds is 47. The second kappa shape index (κ2) is 55.1. The van der Waals surface area contributed by atoms with Gasteiger partial charge in [-0.15, -0.1) is 0 Å². The van der Waals surface area contributed by atoms with Crippen molar-refractivity contribution in [3.63, 3.8) is 0 Å². The lowest BCUT2D eigenvalue weighted by Crippen LogP contribution is -2.30. The number of allylic oxidation sites excluding steroid dienone is 22. The van der Waals surface area contributed by atoms with Crippen LogP contribution in [0.5, 0.6) is 0 Å². The molecule has 0 saturated heterocycles. The van der Waals surface area contributed by atoms with E-state index in [9.17, 15) is 14.4 Å². The molecule has 0 aromatic carbocycles. The second-order valence-electron chi connectivity index (χ2n) is 17.4. The highest BCUT2D eigenvalue weighted by atomic mass is 16.6. The molecule has 0 aromatic rings. The van der Waals surface area contributed by atoms with Crippen molar-refractivity contribution in [3.8, 4) is 0 Å². The molecule has 0 fully saturated rings. The van der Waals surface area contributed by atoms with Crippen molar-refractivity contribution in [2.45, 2.75) is 226 Å². The fraction of sp³-hybridized carbons (Fsp3) is 0.597. The van der Waals surface area contributed by atoms with Crippen LogP contribution in [0.3, 0.4) is 0 Å². The highest BCUT2D eigenvalue weighted by molar-refractivity contribution is 5.71. The number of carbonyl (C=O) groups is 3. The van der Waals surface area contributed by atoms with Gasteiger partial charge < -0.3 is 14.2 Å². The van der Waals surface area contributed by atoms with E-state index in [1.807, 2.05) is 0 Å². The van der Waals surface area contributed by atoms with Crippen LogP contribution >= 0.6 is 0 Å². The summed E-state index contributed by atoms with van der Waals surface area (Å²) in [6, 6.07) is 0. The first-order valence-corrected chi connectivity index (χ1v) is 27.2. The molecule has 0 aromatic heterocycles. The van der Waals surface area contributed by atoms with Crippen molar-refractivity contribution in [1.29, 1.82) is 0 Å². The van der Waals surface area contributed by atoms with Crippen molar-refractivity contribution in [1.82, 2.24) is 0 Å². The number of hydrogen-bond acceptors (Lipinski definition) is 6. The molecule has 0 radical (unpaired) electrons. The summed E-state index contributed by atoms with van der Waals surface area (Å²) in [5, 5.41) is 0. The van der Waals surface area contributed by atoms with Gasteiger partial charge in [0.05, 0.1) is 0 Å². The third-order valence-electron chi connectivity index (χ3n) is 10.9. The van der Waals surface area contributed by atoms with Crippen LogP contribution in [0.4, 0.5) is 0 Å². The number of carbonyl (C=O) groups excluding carboxylic acids is 3. The Morgan fingerprint density at radius 3 is 0.941 bits per heavy atom. The molecule has 6 heteroatoms. The van der Waals surface area contributed by atoms with Crippen LogP contribution in [0.15, 0.2) is 134 Å². The quantitative estimate of drug-likeness (QED) is 0.0262. The molecule has 1 atom stereocenters. The van der Waals surface area contributed by atoms with Gasteiger partial charge in [-0.05, 0) is 109 Å². The molecule has 0 N–H and O–H groups in total. The standard InChI is InChI=1S/C62H98O6/c1-4-7-10-13-16-19-22-25-27-29-30-31-32-34-35-37-40-43-46-49-52-55-61(64)67-58-59(57-66-60(63)54-51-48-45-42-39-24-21-18-15-12-9-6-3)68-62(65)56-53-50-47-44-41-38-36-33-28-26-23-20-17-14-11-8-5-2/h7-8,10-11,16-17,19-20,25-28,30-31,34-36,38,40,43-44,47,59H,4-6,9,12-15,18,21-24,29,32-33,37,39,41-42,45-46,48-58H2,1-3H3/b10-7-,11-8-,19-16-,20-17-,27-25-,28-26-,31-30-,35-34-,38-36-,43-40-,47-44-. The van der Waals surface area contributed by atoms with E-state index in [1.165, 1.54) is 57.8 Å². The zero-order valence-corrected chi connectivity index (χ0v) is 43.6. The van der Waals surface area contributed by atoms with Gasteiger partial charge in [0.1, 0.15) is 13.2 Å². The molecule has 1 unspecified atom stereocenters. The molecule has 6 nitrogen and oxygen atoms in total. The Kier molecular flexibility index (Phi) is 51.5. The molecule has 0 heterocycles. The monoisotopic (exact) mass is 939 g/mol. The third kappa shape index (κ3) is 52.5. The van der Waals surface area contributed by atoms with Crippen LogP contribution in [-0.4, -0.2) is 37.2 Å². The summed E-state index contributed by atoms with van der Waals surface area (Å²) in [6.07, 6.45) is 77.3. The van der Waals surface area contributed by atoms with Gasteiger partial charge >= 0.3 is 17.9 Å². The maximum absolute atomic E-state index is 12.8. The molecule has 0 amide bonds. The van der Waals surface area contributed by atoms with E-state index in [2.05, 4.69) is 154 Å². The van der Waals surface area contributed by atoms with E-state index < -0.39 is 6.10 Å². The summed E-state index contributed by atoms with van der Waals surface area (Å²) < 4.78 is 16.7. The summed E-state index contributed by atoms with van der Waals surface area (Å²) in [7, 11) is 0. The van der Waals surface area contributed by atoms with Gasteiger partial charge in [0.15, 0.2) is 6.10 Å². The van der Waals surface area contributed by atoms with Crippen molar-refractivity contribution < 1.29 is 28.6 Å². The second-order valence-corrected chi connectivity index (χ2v) is 17.4. The zero-order valence-electron chi connectivity index (χ0n) is 43.6. The maximum atomic E-state index is 12.8. The normalized spacial score (nSPS) is 13.2. The summed E-state index contributed by atoms with van der Waals surface area (Å²) in [5.74, 6) is -1.03. The topological polar surface area (TPSA) is 78.9 Å². The highest BCUT2D eigenvalue weighted by Crippen LogP contribution is 2.14. The van der Waals surface area contributed by atoms with E-state index in [-0.39, 0.29) is 44.0 Å². The minimum Gasteiger partial charge on any atom is -0.462 e. The van der Waals surface area contributed by atoms with E-state index in [4.69, 9.17) is 14.2 Å². The Morgan fingerprint density at radius 1 is 0.309 bits per heavy atom. The lowest BCUT2D eigenvalue weighted by molar-refractivity contribution is -0.167. The van der Waals surface area contributed by atoms with E-state index in [1.54, 1.807) is 0 Å². The Labute approximate surface area is 417 Å². The van der Waals surface area contributed by atoms with Crippen molar-refractivity contribution in [3.05, 3.63) is 134 Å². The fourth-order valence-corrected chi connectivity index (χ4v) is 6.89. The molecule has 0 aliphatic carbocycles. The molecule has 68 heavy (non-hydrogen) atoms. The van der Waals surface area contributed by atoms with Gasteiger partial charge in [0, 0.05) is 19.3 Å². The smallest absolute Gasteiger partial charge is 0.306 e. The van der Waals surface area contributed by atoms with Crippen LogP contribution in [-0.2, 0) is 28.6 Å². The van der Waals surface area contributed by atoms with Gasteiger partial charge in [-0.2, -0.15) is 0 Å². The molecular formula is C62H98O6. The molecule has 0 rings (SSSR count). The predicted octanol–water partition coefficient (Wildman–Crippen LogP) is 18.3. The molecule has 0 spiro atoms. The lowest BCUT2D eigenvalue weighted by Gasteiger charge is -2.18. The van der Waals surface area contributed by atoms with Gasteiger partial charge in [0.2, 0.25) is 0 Å². The van der Waals surface area contributed by atoms with Crippen LogP contribution in [0.1, 0.15) is 220 Å². The number of unbranched alkanes of at least 4 members (excludes halogenated alkanes) is 14.